The lowest BCUT2D eigenvalue weighted by Gasteiger charge is -2.29. The first-order chi connectivity index (χ1) is 9.66. The minimum atomic E-state index is -0.757. The van der Waals surface area contributed by atoms with Gasteiger partial charge in [0.25, 0.3) is 0 Å². The van der Waals surface area contributed by atoms with E-state index >= 15 is 0 Å². The molecule has 2 rings (SSSR count). The van der Waals surface area contributed by atoms with Crippen LogP contribution in [0.15, 0.2) is 17.5 Å². The van der Waals surface area contributed by atoms with Crippen molar-refractivity contribution >= 4 is 17.3 Å². The van der Waals surface area contributed by atoms with Crippen molar-refractivity contribution in [1.29, 1.82) is 0 Å². The standard InChI is InChI=1S/C15H24N2O2S/c1-2-8-17-9-4-6-15(7-10-17,14(18)19)16-12-13-5-3-11-20-13/h3,5,11,16H,2,4,6-10,12H2,1H3,(H,18,19). The van der Waals surface area contributed by atoms with Crippen LogP contribution in [-0.2, 0) is 11.3 Å². The fraction of sp³-hybridized carbons (Fsp3) is 0.667. The van der Waals surface area contributed by atoms with Crippen LogP contribution in [0.25, 0.3) is 0 Å². The second kappa shape index (κ2) is 7.20. The summed E-state index contributed by atoms with van der Waals surface area (Å²) in [6, 6.07) is 4.05. The number of aliphatic carboxylic acids is 1. The highest BCUT2D eigenvalue weighted by molar-refractivity contribution is 7.09. The minimum absolute atomic E-state index is 0.651. The molecule has 0 bridgehead atoms. The predicted octanol–water partition coefficient (Wildman–Crippen LogP) is 2.56. The first-order valence-corrected chi connectivity index (χ1v) is 8.27. The molecular formula is C15H24N2O2S. The molecule has 1 fully saturated rings. The number of carboxylic acid groups (broad SMARTS) is 1. The van der Waals surface area contributed by atoms with E-state index in [0.29, 0.717) is 19.4 Å². The first-order valence-electron chi connectivity index (χ1n) is 7.39. The fourth-order valence-electron chi connectivity index (χ4n) is 2.87. The summed E-state index contributed by atoms with van der Waals surface area (Å²) in [6.45, 7) is 5.78. The number of nitrogens with zero attached hydrogens (tertiary/aromatic N) is 1. The van der Waals surface area contributed by atoms with E-state index in [-0.39, 0.29) is 0 Å². The Morgan fingerprint density at radius 1 is 1.50 bits per heavy atom. The molecule has 20 heavy (non-hydrogen) atoms. The molecule has 1 unspecified atom stereocenters. The largest absolute Gasteiger partial charge is 0.480 e. The van der Waals surface area contributed by atoms with Crippen molar-refractivity contribution in [3.63, 3.8) is 0 Å². The summed E-state index contributed by atoms with van der Waals surface area (Å²) in [5, 5.41) is 15.0. The zero-order valence-electron chi connectivity index (χ0n) is 12.1. The van der Waals surface area contributed by atoms with Crippen molar-refractivity contribution in [2.24, 2.45) is 0 Å². The third-order valence-electron chi connectivity index (χ3n) is 4.06. The fourth-order valence-corrected chi connectivity index (χ4v) is 3.51. The van der Waals surface area contributed by atoms with Crippen molar-refractivity contribution in [2.45, 2.75) is 44.7 Å². The molecule has 1 aliphatic heterocycles. The van der Waals surface area contributed by atoms with Gasteiger partial charge in [-0.3, -0.25) is 10.1 Å². The van der Waals surface area contributed by atoms with E-state index < -0.39 is 11.5 Å². The van der Waals surface area contributed by atoms with Crippen molar-refractivity contribution in [2.75, 3.05) is 19.6 Å². The van der Waals surface area contributed by atoms with Gasteiger partial charge >= 0.3 is 5.97 Å². The Balaban J connectivity index is 1.99. The van der Waals surface area contributed by atoms with E-state index in [1.165, 1.54) is 4.88 Å². The molecule has 0 spiro atoms. The molecular weight excluding hydrogens is 272 g/mol. The third kappa shape index (κ3) is 3.81. The van der Waals surface area contributed by atoms with Crippen LogP contribution in [0.3, 0.4) is 0 Å². The molecule has 1 saturated heterocycles. The van der Waals surface area contributed by atoms with Gasteiger partial charge in [0.05, 0.1) is 0 Å². The smallest absolute Gasteiger partial charge is 0.323 e. The van der Waals surface area contributed by atoms with Crippen LogP contribution < -0.4 is 5.32 Å². The Hall–Kier alpha value is -0.910. The molecule has 1 atom stereocenters. The summed E-state index contributed by atoms with van der Waals surface area (Å²) in [6.07, 6.45) is 3.48. The second-order valence-electron chi connectivity index (χ2n) is 5.52. The van der Waals surface area contributed by atoms with E-state index in [1.54, 1.807) is 11.3 Å². The molecule has 0 aliphatic carbocycles. The molecule has 1 aromatic rings. The first kappa shape index (κ1) is 15.5. The number of rotatable bonds is 6. The summed E-state index contributed by atoms with van der Waals surface area (Å²) in [4.78, 5) is 15.4. The number of hydrogen-bond acceptors (Lipinski definition) is 4. The van der Waals surface area contributed by atoms with Crippen molar-refractivity contribution in [3.8, 4) is 0 Å². The van der Waals surface area contributed by atoms with Crippen molar-refractivity contribution in [3.05, 3.63) is 22.4 Å². The van der Waals surface area contributed by atoms with Gasteiger partial charge in [-0.05, 0) is 50.2 Å². The Morgan fingerprint density at radius 3 is 3.00 bits per heavy atom. The van der Waals surface area contributed by atoms with Gasteiger partial charge in [0.1, 0.15) is 5.54 Å². The quantitative estimate of drug-likeness (QED) is 0.847. The number of hydrogen-bond donors (Lipinski definition) is 2. The van der Waals surface area contributed by atoms with Crippen molar-refractivity contribution in [1.82, 2.24) is 10.2 Å². The molecule has 0 aromatic carbocycles. The topological polar surface area (TPSA) is 52.6 Å². The average Bonchev–Trinajstić information content (AvgIpc) is 2.85. The van der Waals surface area contributed by atoms with Crippen LogP contribution in [-0.4, -0.2) is 41.1 Å². The maximum Gasteiger partial charge on any atom is 0.323 e. The molecule has 112 valence electrons. The monoisotopic (exact) mass is 296 g/mol. The molecule has 2 N–H and O–H groups in total. The van der Waals surface area contributed by atoms with Gasteiger partial charge in [-0.2, -0.15) is 0 Å². The van der Waals surface area contributed by atoms with Crippen LogP contribution in [0.1, 0.15) is 37.5 Å². The second-order valence-corrected chi connectivity index (χ2v) is 6.55. The zero-order valence-corrected chi connectivity index (χ0v) is 12.9. The normalized spacial score (nSPS) is 24.4. The maximum atomic E-state index is 11.8. The lowest BCUT2D eigenvalue weighted by atomic mass is 9.90. The van der Waals surface area contributed by atoms with Gasteiger partial charge < -0.3 is 10.0 Å². The Bertz CT molecular complexity index is 422. The molecule has 1 aromatic heterocycles. The lowest BCUT2D eigenvalue weighted by Crippen LogP contribution is -2.52. The van der Waals surface area contributed by atoms with Crippen LogP contribution in [0.4, 0.5) is 0 Å². The highest BCUT2D eigenvalue weighted by atomic mass is 32.1. The van der Waals surface area contributed by atoms with E-state index in [1.807, 2.05) is 17.5 Å². The van der Waals surface area contributed by atoms with Gasteiger partial charge in [0.15, 0.2) is 0 Å². The SMILES string of the molecule is CCCN1CCCC(NCc2cccs2)(C(=O)O)CC1. The molecule has 0 saturated carbocycles. The van der Waals surface area contributed by atoms with E-state index in [2.05, 4.69) is 17.1 Å². The Morgan fingerprint density at radius 2 is 2.35 bits per heavy atom. The van der Waals surface area contributed by atoms with Gasteiger partial charge in [-0.15, -0.1) is 11.3 Å². The third-order valence-corrected chi connectivity index (χ3v) is 4.94. The summed E-state index contributed by atoms with van der Waals surface area (Å²) < 4.78 is 0. The van der Waals surface area contributed by atoms with Crippen LogP contribution >= 0.6 is 11.3 Å². The zero-order chi connectivity index (χ0) is 14.4. The van der Waals surface area contributed by atoms with Crippen LogP contribution in [0, 0.1) is 0 Å². The number of carboxylic acids is 1. The predicted molar refractivity (Wildman–Crippen MR) is 82.1 cm³/mol. The van der Waals surface area contributed by atoms with Gasteiger partial charge in [0, 0.05) is 18.0 Å². The van der Waals surface area contributed by atoms with Gasteiger partial charge in [0.2, 0.25) is 0 Å². The number of nitrogens with one attached hydrogen (secondary N) is 1. The summed E-state index contributed by atoms with van der Waals surface area (Å²) in [5.41, 5.74) is -0.757. The summed E-state index contributed by atoms with van der Waals surface area (Å²) in [7, 11) is 0. The molecule has 0 amide bonds. The summed E-state index contributed by atoms with van der Waals surface area (Å²) >= 11 is 1.67. The average molecular weight is 296 g/mol. The number of thiophene rings is 1. The molecule has 1 aliphatic rings. The minimum Gasteiger partial charge on any atom is -0.480 e. The number of carbonyl (C=O) groups is 1. The Labute approximate surface area is 124 Å². The Kier molecular flexibility index (Phi) is 5.57. The highest BCUT2D eigenvalue weighted by Crippen LogP contribution is 2.24. The van der Waals surface area contributed by atoms with Crippen molar-refractivity contribution < 1.29 is 9.90 Å². The summed E-state index contributed by atoms with van der Waals surface area (Å²) in [5.74, 6) is -0.701. The van der Waals surface area contributed by atoms with E-state index in [4.69, 9.17) is 0 Å². The molecule has 5 heteroatoms. The molecule has 4 nitrogen and oxygen atoms in total. The molecule has 0 radical (unpaired) electrons. The maximum absolute atomic E-state index is 11.8. The molecule has 2 heterocycles. The van der Waals surface area contributed by atoms with E-state index in [9.17, 15) is 9.90 Å². The van der Waals surface area contributed by atoms with E-state index in [0.717, 1.165) is 32.5 Å². The number of likely N-dealkylation sites (tertiary alicyclic amines) is 1. The highest BCUT2D eigenvalue weighted by Gasteiger charge is 2.39. The van der Waals surface area contributed by atoms with Gasteiger partial charge in [-0.1, -0.05) is 13.0 Å². The van der Waals surface area contributed by atoms with Gasteiger partial charge in [-0.25, -0.2) is 0 Å². The lowest BCUT2D eigenvalue weighted by molar-refractivity contribution is -0.145. The van der Waals surface area contributed by atoms with Crippen LogP contribution in [0.2, 0.25) is 0 Å². The van der Waals surface area contributed by atoms with Crippen LogP contribution in [0.5, 0.6) is 0 Å².